The molecule has 8 heteroatoms. The van der Waals surface area contributed by atoms with Gasteiger partial charge in [0.05, 0.1) is 0 Å². The third-order valence-electron chi connectivity index (χ3n) is 2.99. The highest BCUT2D eigenvalue weighted by atomic mass is 16.6. The van der Waals surface area contributed by atoms with Gasteiger partial charge in [-0.3, -0.25) is 10.2 Å². The van der Waals surface area contributed by atoms with Gasteiger partial charge in [-0.05, 0) is 32.6 Å². The Labute approximate surface area is 137 Å². The minimum atomic E-state index is -0.817. The first-order valence-corrected chi connectivity index (χ1v) is 7.69. The first kappa shape index (κ1) is 21.2. The van der Waals surface area contributed by atoms with Crippen LogP contribution in [-0.4, -0.2) is 35.6 Å². The van der Waals surface area contributed by atoms with Crippen molar-refractivity contribution in [1.82, 2.24) is 16.1 Å². The number of urea groups is 1. The summed E-state index contributed by atoms with van der Waals surface area (Å²) in [5.74, 6) is 3.75. The molecule has 0 bridgehead atoms. The van der Waals surface area contributed by atoms with Crippen LogP contribution >= 0.6 is 0 Å². The van der Waals surface area contributed by atoms with Gasteiger partial charge < -0.3 is 15.4 Å². The van der Waals surface area contributed by atoms with Crippen molar-refractivity contribution in [3.8, 4) is 0 Å². The highest BCUT2D eigenvalue weighted by Crippen LogP contribution is 2.12. The van der Waals surface area contributed by atoms with E-state index in [9.17, 15) is 14.4 Å². The number of ether oxygens (including phenoxy) is 1. The molecular weight excluding hydrogens is 300 g/mol. The zero-order valence-corrected chi connectivity index (χ0v) is 15.0. The molecule has 3 amide bonds. The van der Waals surface area contributed by atoms with Crippen molar-refractivity contribution in [2.45, 2.75) is 66.2 Å². The van der Waals surface area contributed by atoms with Gasteiger partial charge in [0.25, 0.3) is 5.91 Å². The Kier molecular flexibility index (Phi) is 8.02. The van der Waals surface area contributed by atoms with E-state index in [2.05, 4.69) is 10.6 Å². The summed E-state index contributed by atoms with van der Waals surface area (Å²) in [6.45, 7) is 12.4. The van der Waals surface area contributed by atoms with Gasteiger partial charge in [0.1, 0.15) is 17.7 Å². The van der Waals surface area contributed by atoms with Gasteiger partial charge in [-0.15, -0.1) is 0 Å². The zero-order valence-electron chi connectivity index (χ0n) is 15.0. The number of amides is 3. The first-order chi connectivity index (χ1) is 10.4. The summed E-state index contributed by atoms with van der Waals surface area (Å²) in [6.07, 6.45) is 0. The van der Waals surface area contributed by atoms with E-state index in [-0.39, 0.29) is 11.8 Å². The molecule has 0 saturated heterocycles. The van der Waals surface area contributed by atoms with E-state index < -0.39 is 35.6 Å². The highest BCUT2D eigenvalue weighted by molar-refractivity contribution is 5.89. The standard InChI is InChI=1S/C15H30N4O4/c1-8(2)10(12(20)19-16)17-14(22)18-11(9(3)4)13(21)23-15(5,6)7/h8-11H,16H2,1-7H3,(H,19,20)(H2,17,18,22)/t10-,11-/m0/s1. The molecule has 0 spiro atoms. The van der Waals surface area contributed by atoms with Crippen LogP contribution in [0.1, 0.15) is 48.5 Å². The van der Waals surface area contributed by atoms with Gasteiger partial charge >= 0.3 is 12.0 Å². The predicted molar refractivity (Wildman–Crippen MR) is 87.1 cm³/mol. The number of hydrazine groups is 1. The maximum absolute atomic E-state index is 12.2. The number of carbonyl (C=O) groups excluding carboxylic acids is 3. The lowest BCUT2D eigenvalue weighted by Crippen LogP contribution is -2.57. The number of nitrogens with one attached hydrogen (secondary N) is 3. The molecule has 8 nitrogen and oxygen atoms in total. The summed E-state index contributed by atoms with van der Waals surface area (Å²) in [7, 11) is 0. The molecule has 0 aromatic rings. The fraction of sp³-hybridized carbons (Fsp3) is 0.800. The minimum Gasteiger partial charge on any atom is -0.458 e. The van der Waals surface area contributed by atoms with Crippen LogP contribution in [0.2, 0.25) is 0 Å². The number of rotatable bonds is 6. The average Bonchev–Trinajstić information content (AvgIpc) is 2.38. The van der Waals surface area contributed by atoms with Crippen LogP contribution < -0.4 is 21.9 Å². The SMILES string of the molecule is CC(C)[C@H](NC(=O)N[C@H](C(=O)OC(C)(C)C)C(C)C)C(=O)NN. The summed E-state index contributed by atoms with van der Waals surface area (Å²) in [5.41, 5.74) is 1.36. The summed E-state index contributed by atoms with van der Waals surface area (Å²) >= 11 is 0. The van der Waals surface area contributed by atoms with E-state index in [1.165, 1.54) is 0 Å². The van der Waals surface area contributed by atoms with Crippen LogP contribution in [0.4, 0.5) is 4.79 Å². The molecule has 0 fully saturated rings. The molecule has 0 rings (SSSR count). The average molecular weight is 330 g/mol. The number of nitrogens with two attached hydrogens (primary N) is 1. The molecule has 134 valence electrons. The summed E-state index contributed by atoms with van der Waals surface area (Å²) in [5, 5.41) is 5.08. The van der Waals surface area contributed by atoms with Gasteiger partial charge in [0.15, 0.2) is 0 Å². The number of hydrogen-bond acceptors (Lipinski definition) is 5. The van der Waals surface area contributed by atoms with E-state index in [0.29, 0.717) is 0 Å². The van der Waals surface area contributed by atoms with E-state index in [0.717, 1.165) is 0 Å². The van der Waals surface area contributed by atoms with E-state index in [1.807, 2.05) is 5.43 Å². The second kappa shape index (κ2) is 8.71. The summed E-state index contributed by atoms with van der Waals surface area (Å²) in [6, 6.07) is -2.24. The van der Waals surface area contributed by atoms with E-state index in [1.54, 1.807) is 48.5 Å². The number of hydrogen-bond donors (Lipinski definition) is 4. The Hall–Kier alpha value is -1.83. The fourth-order valence-electron chi connectivity index (χ4n) is 1.81. The van der Waals surface area contributed by atoms with Crippen molar-refractivity contribution in [2.75, 3.05) is 0 Å². The molecule has 0 aromatic carbocycles. The molecule has 0 aliphatic heterocycles. The van der Waals surface area contributed by atoms with Gasteiger partial charge in [-0.2, -0.15) is 0 Å². The maximum Gasteiger partial charge on any atom is 0.329 e. The minimum absolute atomic E-state index is 0.164. The Morgan fingerprint density at radius 2 is 1.35 bits per heavy atom. The van der Waals surface area contributed by atoms with Crippen LogP contribution in [-0.2, 0) is 14.3 Å². The van der Waals surface area contributed by atoms with E-state index in [4.69, 9.17) is 10.6 Å². The Balaban J connectivity index is 4.92. The maximum atomic E-state index is 12.2. The monoisotopic (exact) mass is 330 g/mol. The lowest BCUT2D eigenvalue weighted by molar-refractivity contribution is -0.158. The molecule has 0 aliphatic carbocycles. The van der Waals surface area contributed by atoms with E-state index >= 15 is 0 Å². The first-order valence-electron chi connectivity index (χ1n) is 7.69. The molecule has 0 heterocycles. The van der Waals surface area contributed by atoms with Gasteiger partial charge in [-0.1, -0.05) is 27.7 Å². The summed E-state index contributed by atoms with van der Waals surface area (Å²) < 4.78 is 5.30. The molecule has 0 aliphatic rings. The third kappa shape index (κ3) is 7.83. The molecule has 0 unspecified atom stereocenters. The van der Waals surface area contributed by atoms with Gasteiger partial charge in [0, 0.05) is 0 Å². The van der Waals surface area contributed by atoms with Crippen LogP contribution in [0.25, 0.3) is 0 Å². The van der Waals surface area contributed by atoms with Gasteiger partial charge in [-0.25, -0.2) is 15.4 Å². The second-order valence-corrected chi connectivity index (χ2v) is 7.10. The van der Waals surface area contributed by atoms with Crippen molar-refractivity contribution in [2.24, 2.45) is 17.7 Å². The Bertz CT molecular complexity index is 430. The normalized spacial score (nSPS) is 14.2. The Morgan fingerprint density at radius 3 is 1.70 bits per heavy atom. The molecule has 2 atom stereocenters. The van der Waals surface area contributed by atoms with Crippen molar-refractivity contribution < 1.29 is 19.1 Å². The van der Waals surface area contributed by atoms with Crippen molar-refractivity contribution >= 4 is 17.9 Å². The molecule has 5 N–H and O–H groups in total. The van der Waals surface area contributed by atoms with Crippen molar-refractivity contribution in [3.05, 3.63) is 0 Å². The highest BCUT2D eigenvalue weighted by Gasteiger charge is 2.31. The molecule has 23 heavy (non-hydrogen) atoms. The topological polar surface area (TPSA) is 123 Å². The molecule has 0 aromatic heterocycles. The van der Waals surface area contributed by atoms with Crippen LogP contribution in [0.15, 0.2) is 0 Å². The predicted octanol–water partition coefficient (Wildman–Crippen LogP) is 0.666. The zero-order chi connectivity index (χ0) is 18.4. The van der Waals surface area contributed by atoms with Crippen molar-refractivity contribution in [1.29, 1.82) is 0 Å². The molecule has 0 saturated carbocycles. The van der Waals surface area contributed by atoms with Crippen LogP contribution in [0.3, 0.4) is 0 Å². The lowest BCUT2D eigenvalue weighted by atomic mass is 10.0. The largest absolute Gasteiger partial charge is 0.458 e. The van der Waals surface area contributed by atoms with Gasteiger partial charge in [0.2, 0.25) is 0 Å². The molecule has 0 radical (unpaired) electrons. The Morgan fingerprint density at radius 1 is 0.913 bits per heavy atom. The van der Waals surface area contributed by atoms with Crippen LogP contribution in [0.5, 0.6) is 0 Å². The molecular formula is C15H30N4O4. The third-order valence-corrected chi connectivity index (χ3v) is 2.99. The number of esters is 1. The fourth-order valence-corrected chi connectivity index (χ4v) is 1.81. The second-order valence-electron chi connectivity index (χ2n) is 7.10. The summed E-state index contributed by atoms with van der Waals surface area (Å²) in [4.78, 5) is 36.0. The lowest BCUT2D eigenvalue weighted by Gasteiger charge is -2.27. The van der Waals surface area contributed by atoms with Crippen molar-refractivity contribution in [3.63, 3.8) is 0 Å². The quantitative estimate of drug-likeness (QED) is 0.247. The van der Waals surface area contributed by atoms with Crippen LogP contribution in [0, 0.1) is 11.8 Å². The smallest absolute Gasteiger partial charge is 0.329 e. The number of carbonyl (C=O) groups is 3.